The number of anilines is 1. The van der Waals surface area contributed by atoms with Gasteiger partial charge in [0, 0.05) is 6.08 Å². The van der Waals surface area contributed by atoms with Crippen molar-refractivity contribution in [2.45, 2.75) is 20.8 Å². The smallest absolute Gasteiger partial charge is 0.248 e. The molecule has 0 saturated heterocycles. The van der Waals surface area contributed by atoms with Gasteiger partial charge in [-0.05, 0) is 38.5 Å². The van der Waals surface area contributed by atoms with E-state index in [1.165, 1.54) is 0 Å². The van der Waals surface area contributed by atoms with Crippen molar-refractivity contribution in [1.82, 2.24) is 0 Å². The van der Waals surface area contributed by atoms with Crippen LogP contribution < -0.4 is 10.1 Å². The van der Waals surface area contributed by atoms with Crippen LogP contribution in [0.1, 0.15) is 19.4 Å². The molecule has 1 aromatic carbocycles. The summed E-state index contributed by atoms with van der Waals surface area (Å²) in [6, 6.07) is 5.67. The highest BCUT2D eigenvalue weighted by molar-refractivity contribution is 6.00. The number of ether oxygens (including phenoxy) is 1. The molecule has 1 N–H and O–H groups in total. The number of aryl methyl sites for hydroxylation is 1. The monoisotopic (exact) mass is 219 g/mol. The van der Waals surface area contributed by atoms with Gasteiger partial charge in [-0.15, -0.1) is 0 Å². The minimum atomic E-state index is -0.135. The average molecular weight is 219 g/mol. The molecule has 3 heteroatoms. The highest BCUT2D eigenvalue weighted by Gasteiger charge is 2.05. The third kappa shape index (κ3) is 3.42. The zero-order valence-electron chi connectivity index (χ0n) is 10.1. The van der Waals surface area contributed by atoms with Gasteiger partial charge in [-0.2, -0.15) is 0 Å². The average Bonchev–Trinajstić information content (AvgIpc) is 2.16. The molecule has 0 aliphatic carbocycles. The molecule has 0 radical (unpaired) electrons. The van der Waals surface area contributed by atoms with Crippen LogP contribution in [0.15, 0.2) is 29.8 Å². The first-order valence-electron chi connectivity index (χ1n) is 5.13. The summed E-state index contributed by atoms with van der Waals surface area (Å²) in [5, 5.41) is 2.79. The first kappa shape index (κ1) is 12.3. The number of methoxy groups -OCH3 is 1. The number of rotatable bonds is 3. The fraction of sp³-hybridized carbons (Fsp3) is 0.308. The normalized spacial score (nSPS) is 9.50. The maximum absolute atomic E-state index is 11.6. The lowest BCUT2D eigenvalue weighted by atomic mass is 10.2. The minimum absolute atomic E-state index is 0.135. The zero-order chi connectivity index (χ0) is 12.1. The molecule has 1 aromatic rings. The number of allylic oxidation sites excluding steroid dienone is 1. The van der Waals surface area contributed by atoms with Crippen molar-refractivity contribution in [1.29, 1.82) is 0 Å². The number of hydrogen-bond acceptors (Lipinski definition) is 2. The van der Waals surface area contributed by atoms with Crippen molar-refractivity contribution < 1.29 is 9.53 Å². The predicted octanol–water partition coefficient (Wildman–Crippen LogP) is 2.91. The van der Waals surface area contributed by atoms with Crippen molar-refractivity contribution in [3.63, 3.8) is 0 Å². The highest BCUT2D eigenvalue weighted by Crippen LogP contribution is 2.25. The van der Waals surface area contributed by atoms with Crippen LogP contribution in [0.4, 0.5) is 5.69 Å². The largest absolute Gasteiger partial charge is 0.495 e. The summed E-state index contributed by atoms with van der Waals surface area (Å²) < 4.78 is 5.17. The Morgan fingerprint density at radius 2 is 2.06 bits per heavy atom. The third-order valence-corrected chi connectivity index (χ3v) is 2.03. The molecular weight excluding hydrogens is 202 g/mol. The topological polar surface area (TPSA) is 38.3 Å². The van der Waals surface area contributed by atoms with Crippen LogP contribution in [-0.2, 0) is 4.79 Å². The molecule has 0 fully saturated rings. The Morgan fingerprint density at radius 3 is 2.62 bits per heavy atom. The van der Waals surface area contributed by atoms with E-state index in [9.17, 15) is 4.79 Å². The first-order chi connectivity index (χ1) is 7.52. The highest BCUT2D eigenvalue weighted by atomic mass is 16.5. The second kappa shape index (κ2) is 5.35. The fourth-order valence-electron chi connectivity index (χ4n) is 1.35. The van der Waals surface area contributed by atoms with Crippen molar-refractivity contribution in [2.75, 3.05) is 12.4 Å². The standard InChI is InChI=1S/C13H17NO2/c1-9(2)7-13(15)14-11-8-10(3)5-6-12(11)16-4/h5-8H,1-4H3,(H,14,15). The summed E-state index contributed by atoms with van der Waals surface area (Å²) in [7, 11) is 1.58. The summed E-state index contributed by atoms with van der Waals surface area (Å²) in [4.78, 5) is 11.6. The van der Waals surface area contributed by atoms with E-state index >= 15 is 0 Å². The molecule has 0 bridgehead atoms. The van der Waals surface area contributed by atoms with Crippen LogP contribution in [0.5, 0.6) is 5.75 Å². The minimum Gasteiger partial charge on any atom is -0.495 e. The second-order valence-electron chi connectivity index (χ2n) is 3.91. The van der Waals surface area contributed by atoms with Gasteiger partial charge >= 0.3 is 0 Å². The molecule has 1 amide bonds. The summed E-state index contributed by atoms with van der Waals surface area (Å²) in [6.07, 6.45) is 1.56. The van der Waals surface area contributed by atoms with Crippen molar-refractivity contribution in [2.24, 2.45) is 0 Å². The molecule has 0 spiro atoms. The zero-order valence-corrected chi connectivity index (χ0v) is 10.1. The van der Waals surface area contributed by atoms with Crippen LogP contribution in [0.3, 0.4) is 0 Å². The van der Waals surface area contributed by atoms with Gasteiger partial charge < -0.3 is 10.1 Å². The number of amides is 1. The quantitative estimate of drug-likeness (QED) is 0.794. The van der Waals surface area contributed by atoms with Gasteiger partial charge in [0.1, 0.15) is 5.75 Å². The van der Waals surface area contributed by atoms with E-state index in [1.54, 1.807) is 13.2 Å². The Morgan fingerprint density at radius 1 is 1.38 bits per heavy atom. The van der Waals surface area contributed by atoms with Gasteiger partial charge in [0.25, 0.3) is 0 Å². The molecule has 0 saturated carbocycles. The van der Waals surface area contributed by atoms with Gasteiger partial charge in [-0.25, -0.2) is 0 Å². The van der Waals surface area contributed by atoms with E-state index in [1.807, 2.05) is 39.0 Å². The van der Waals surface area contributed by atoms with Gasteiger partial charge in [-0.3, -0.25) is 4.79 Å². The second-order valence-corrected chi connectivity index (χ2v) is 3.91. The Bertz CT molecular complexity index is 418. The Labute approximate surface area is 96.1 Å². The maximum Gasteiger partial charge on any atom is 0.248 e. The lowest BCUT2D eigenvalue weighted by molar-refractivity contribution is -0.112. The number of carbonyl (C=O) groups excluding carboxylic acids is 1. The molecule has 1 rings (SSSR count). The van der Waals surface area contributed by atoms with Crippen molar-refractivity contribution in [3.05, 3.63) is 35.4 Å². The van der Waals surface area contributed by atoms with E-state index in [0.717, 1.165) is 11.1 Å². The van der Waals surface area contributed by atoms with Gasteiger partial charge in [-0.1, -0.05) is 11.6 Å². The summed E-state index contributed by atoms with van der Waals surface area (Å²) >= 11 is 0. The molecule has 0 aliphatic heterocycles. The van der Waals surface area contributed by atoms with E-state index in [2.05, 4.69) is 5.32 Å². The Kier molecular flexibility index (Phi) is 4.11. The van der Waals surface area contributed by atoms with Crippen LogP contribution in [0.2, 0.25) is 0 Å². The number of carbonyl (C=O) groups is 1. The van der Waals surface area contributed by atoms with Gasteiger partial charge in [0.2, 0.25) is 5.91 Å². The molecule has 0 atom stereocenters. The SMILES string of the molecule is COc1ccc(C)cc1NC(=O)C=C(C)C. The molecule has 3 nitrogen and oxygen atoms in total. The van der Waals surface area contributed by atoms with Crippen LogP contribution in [-0.4, -0.2) is 13.0 Å². The predicted molar refractivity (Wildman–Crippen MR) is 65.8 cm³/mol. The van der Waals surface area contributed by atoms with Crippen LogP contribution in [0.25, 0.3) is 0 Å². The summed E-state index contributed by atoms with van der Waals surface area (Å²) in [5.74, 6) is 0.532. The van der Waals surface area contributed by atoms with Gasteiger partial charge in [0.15, 0.2) is 0 Å². The van der Waals surface area contributed by atoms with Crippen LogP contribution >= 0.6 is 0 Å². The molecule has 86 valence electrons. The number of nitrogens with one attached hydrogen (secondary N) is 1. The molecule has 0 aliphatic rings. The first-order valence-corrected chi connectivity index (χ1v) is 5.13. The Balaban J connectivity index is 2.91. The fourth-order valence-corrected chi connectivity index (χ4v) is 1.35. The van der Waals surface area contributed by atoms with E-state index in [-0.39, 0.29) is 5.91 Å². The van der Waals surface area contributed by atoms with Gasteiger partial charge in [0.05, 0.1) is 12.8 Å². The molecule has 0 heterocycles. The molecule has 0 unspecified atom stereocenters. The maximum atomic E-state index is 11.6. The van der Waals surface area contributed by atoms with E-state index in [4.69, 9.17) is 4.74 Å². The van der Waals surface area contributed by atoms with Crippen LogP contribution in [0, 0.1) is 6.92 Å². The third-order valence-electron chi connectivity index (χ3n) is 2.03. The molecule has 0 aromatic heterocycles. The molecular formula is C13H17NO2. The summed E-state index contributed by atoms with van der Waals surface area (Å²) in [6.45, 7) is 5.73. The van der Waals surface area contributed by atoms with E-state index < -0.39 is 0 Å². The number of benzene rings is 1. The van der Waals surface area contributed by atoms with Crippen molar-refractivity contribution >= 4 is 11.6 Å². The Hall–Kier alpha value is -1.77. The lowest BCUT2D eigenvalue weighted by Crippen LogP contribution is -2.09. The van der Waals surface area contributed by atoms with Crippen molar-refractivity contribution in [3.8, 4) is 5.75 Å². The lowest BCUT2D eigenvalue weighted by Gasteiger charge is -2.09. The summed E-state index contributed by atoms with van der Waals surface area (Å²) in [5.41, 5.74) is 2.74. The molecule has 16 heavy (non-hydrogen) atoms. The van der Waals surface area contributed by atoms with E-state index in [0.29, 0.717) is 11.4 Å². The number of hydrogen-bond donors (Lipinski definition) is 1.